The fraction of sp³-hybridized carbons (Fsp3) is 0.600. The highest BCUT2D eigenvalue weighted by Crippen LogP contribution is 2.34. The molecule has 0 bridgehead atoms. The summed E-state index contributed by atoms with van der Waals surface area (Å²) in [5.41, 5.74) is 5.92. The van der Waals surface area contributed by atoms with Crippen molar-refractivity contribution < 1.29 is 0 Å². The summed E-state index contributed by atoms with van der Waals surface area (Å²) in [5.74, 6) is 1.44. The molecule has 3 rings (SSSR count). The van der Waals surface area contributed by atoms with Gasteiger partial charge in [0.05, 0.1) is 5.39 Å². The molecule has 3 heterocycles. The van der Waals surface area contributed by atoms with Gasteiger partial charge in [-0.1, -0.05) is 19.8 Å². The number of rotatable bonds is 2. The molecule has 0 spiro atoms. The van der Waals surface area contributed by atoms with E-state index in [0.29, 0.717) is 12.0 Å². The van der Waals surface area contributed by atoms with Gasteiger partial charge in [-0.25, -0.2) is 4.98 Å². The number of hydrogen-bond donors (Lipinski definition) is 1. The standard InChI is InChI=1S/C15H22N4S/c1-3-11-9-12-13(17-15(16)18-14(12)20-11)19-8-6-4-5-7-10(19)2/h9-10H,3-8H2,1-2H3,(H2,16,17,18). The van der Waals surface area contributed by atoms with Crippen molar-refractivity contribution in [1.82, 2.24) is 9.97 Å². The zero-order valence-corrected chi connectivity index (χ0v) is 13.0. The second kappa shape index (κ2) is 5.56. The summed E-state index contributed by atoms with van der Waals surface area (Å²) < 4.78 is 0. The van der Waals surface area contributed by atoms with Gasteiger partial charge < -0.3 is 10.6 Å². The minimum absolute atomic E-state index is 0.397. The molecule has 0 aliphatic carbocycles. The SMILES string of the molecule is CCc1cc2c(N3CCCCCC3C)nc(N)nc2s1. The predicted octanol–water partition coefficient (Wildman–Crippen LogP) is 3.60. The van der Waals surface area contributed by atoms with Crippen LogP contribution in [0.2, 0.25) is 0 Å². The van der Waals surface area contributed by atoms with Crippen molar-refractivity contribution in [2.75, 3.05) is 17.2 Å². The highest BCUT2D eigenvalue weighted by Gasteiger charge is 2.22. The van der Waals surface area contributed by atoms with Gasteiger partial charge in [-0.15, -0.1) is 11.3 Å². The van der Waals surface area contributed by atoms with E-state index < -0.39 is 0 Å². The second-order valence-corrected chi connectivity index (χ2v) is 6.70. The lowest BCUT2D eigenvalue weighted by molar-refractivity contribution is 0.613. The summed E-state index contributed by atoms with van der Waals surface area (Å²) in [7, 11) is 0. The van der Waals surface area contributed by atoms with Gasteiger partial charge in [0, 0.05) is 17.5 Å². The van der Waals surface area contributed by atoms with Crippen LogP contribution in [-0.4, -0.2) is 22.6 Å². The molecule has 0 radical (unpaired) electrons. The van der Waals surface area contributed by atoms with E-state index in [9.17, 15) is 0 Å². The zero-order valence-electron chi connectivity index (χ0n) is 12.2. The quantitative estimate of drug-likeness (QED) is 0.918. The summed E-state index contributed by atoms with van der Waals surface area (Å²) in [6.07, 6.45) is 6.13. The van der Waals surface area contributed by atoms with Crippen molar-refractivity contribution in [2.24, 2.45) is 0 Å². The largest absolute Gasteiger partial charge is 0.368 e. The Kier molecular flexibility index (Phi) is 3.78. The van der Waals surface area contributed by atoms with Gasteiger partial charge in [0.1, 0.15) is 10.6 Å². The molecule has 1 aliphatic heterocycles. The van der Waals surface area contributed by atoms with E-state index in [1.807, 2.05) is 0 Å². The van der Waals surface area contributed by atoms with E-state index in [1.54, 1.807) is 11.3 Å². The van der Waals surface area contributed by atoms with E-state index in [-0.39, 0.29) is 0 Å². The molecular formula is C15H22N4S. The van der Waals surface area contributed by atoms with E-state index in [2.05, 4.69) is 34.8 Å². The Balaban J connectivity index is 2.10. The number of anilines is 2. The Morgan fingerprint density at radius 3 is 3.00 bits per heavy atom. The fourth-order valence-electron chi connectivity index (χ4n) is 2.96. The Morgan fingerprint density at radius 1 is 1.35 bits per heavy atom. The molecule has 2 N–H and O–H groups in total. The lowest BCUT2D eigenvalue weighted by Crippen LogP contribution is -2.33. The maximum atomic E-state index is 5.92. The number of fused-ring (bicyclic) bond motifs is 1. The van der Waals surface area contributed by atoms with Crippen molar-refractivity contribution in [3.8, 4) is 0 Å². The third-order valence-corrected chi connectivity index (χ3v) is 5.29. The maximum Gasteiger partial charge on any atom is 0.223 e. The first-order valence-electron chi connectivity index (χ1n) is 7.51. The summed E-state index contributed by atoms with van der Waals surface area (Å²) in [6, 6.07) is 2.77. The predicted molar refractivity (Wildman–Crippen MR) is 86.5 cm³/mol. The Labute approximate surface area is 124 Å². The molecule has 1 atom stereocenters. The summed E-state index contributed by atoms with van der Waals surface area (Å²) >= 11 is 1.74. The maximum absolute atomic E-state index is 5.92. The third-order valence-electron chi connectivity index (χ3n) is 4.11. The van der Waals surface area contributed by atoms with Gasteiger partial charge in [-0.3, -0.25) is 0 Å². The normalized spacial score (nSPS) is 20.3. The Morgan fingerprint density at radius 2 is 2.20 bits per heavy atom. The lowest BCUT2D eigenvalue weighted by atomic mass is 10.1. The molecule has 0 amide bonds. The number of nitrogens with two attached hydrogens (primary N) is 1. The molecule has 0 saturated carbocycles. The Bertz CT molecular complexity index is 607. The molecular weight excluding hydrogens is 268 g/mol. The van der Waals surface area contributed by atoms with Crippen LogP contribution in [-0.2, 0) is 6.42 Å². The smallest absolute Gasteiger partial charge is 0.223 e. The van der Waals surface area contributed by atoms with Gasteiger partial charge in [0.25, 0.3) is 0 Å². The molecule has 5 heteroatoms. The summed E-state index contributed by atoms with van der Waals surface area (Å²) in [5, 5.41) is 1.18. The number of nitrogens with zero attached hydrogens (tertiary/aromatic N) is 3. The molecule has 1 unspecified atom stereocenters. The van der Waals surface area contributed by atoms with Crippen LogP contribution in [0, 0.1) is 0 Å². The molecule has 0 aromatic carbocycles. The number of aromatic nitrogens is 2. The number of nitrogen functional groups attached to an aromatic ring is 1. The van der Waals surface area contributed by atoms with Crippen LogP contribution >= 0.6 is 11.3 Å². The van der Waals surface area contributed by atoms with E-state index in [1.165, 1.54) is 35.9 Å². The van der Waals surface area contributed by atoms with Crippen molar-refractivity contribution >= 4 is 33.3 Å². The van der Waals surface area contributed by atoms with Crippen molar-refractivity contribution in [3.05, 3.63) is 10.9 Å². The number of aryl methyl sites for hydroxylation is 1. The number of hydrogen-bond acceptors (Lipinski definition) is 5. The Hall–Kier alpha value is -1.36. The average molecular weight is 290 g/mol. The molecule has 20 heavy (non-hydrogen) atoms. The first-order valence-corrected chi connectivity index (χ1v) is 8.33. The highest BCUT2D eigenvalue weighted by atomic mass is 32.1. The average Bonchev–Trinajstić information content (AvgIpc) is 2.72. The van der Waals surface area contributed by atoms with Crippen LogP contribution in [0.25, 0.3) is 10.2 Å². The topological polar surface area (TPSA) is 55.0 Å². The van der Waals surface area contributed by atoms with Gasteiger partial charge in [0.2, 0.25) is 5.95 Å². The van der Waals surface area contributed by atoms with E-state index in [4.69, 9.17) is 5.73 Å². The minimum Gasteiger partial charge on any atom is -0.368 e. The van der Waals surface area contributed by atoms with Crippen molar-refractivity contribution in [3.63, 3.8) is 0 Å². The molecule has 108 valence electrons. The third kappa shape index (κ3) is 2.46. The van der Waals surface area contributed by atoms with Crippen LogP contribution in [0.5, 0.6) is 0 Å². The molecule has 2 aromatic heterocycles. The van der Waals surface area contributed by atoms with Crippen molar-refractivity contribution in [1.29, 1.82) is 0 Å². The van der Waals surface area contributed by atoms with Gasteiger partial charge in [-0.2, -0.15) is 4.98 Å². The lowest BCUT2D eigenvalue weighted by Gasteiger charge is -2.28. The first kappa shape index (κ1) is 13.6. The summed E-state index contributed by atoms with van der Waals surface area (Å²) in [6.45, 7) is 5.54. The van der Waals surface area contributed by atoms with Gasteiger partial charge >= 0.3 is 0 Å². The molecule has 2 aromatic rings. The second-order valence-electron chi connectivity index (χ2n) is 5.58. The minimum atomic E-state index is 0.397. The molecule has 1 saturated heterocycles. The van der Waals surface area contributed by atoms with Crippen LogP contribution in [0.3, 0.4) is 0 Å². The van der Waals surface area contributed by atoms with E-state index in [0.717, 1.165) is 23.6 Å². The van der Waals surface area contributed by atoms with E-state index >= 15 is 0 Å². The molecule has 1 aliphatic rings. The summed E-state index contributed by atoms with van der Waals surface area (Å²) in [4.78, 5) is 13.8. The number of thiophene rings is 1. The van der Waals surface area contributed by atoms with Crippen LogP contribution in [0.1, 0.15) is 44.4 Å². The molecule has 1 fully saturated rings. The highest BCUT2D eigenvalue weighted by molar-refractivity contribution is 7.18. The van der Waals surface area contributed by atoms with Gasteiger partial charge in [-0.05, 0) is 32.3 Å². The van der Waals surface area contributed by atoms with Crippen LogP contribution < -0.4 is 10.6 Å². The van der Waals surface area contributed by atoms with Crippen LogP contribution in [0.4, 0.5) is 11.8 Å². The fourth-order valence-corrected chi connectivity index (χ4v) is 3.92. The zero-order chi connectivity index (χ0) is 14.1. The monoisotopic (exact) mass is 290 g/mol. The van der Waals surface area contributed by atoms with Crippen molar-refractivity contribution in [2.45, 2.75) is 52.0 Å². The molecule has 4 nitrogen and oxygen atoms in total. The first-order chi connectivity index (χ1) is 9.69. The van der Waals surface area contributed by atoms with Crippen LogP contribution in [0.15, 0.2) is 6.07 Å². The van der Waals surface area contributed by atoms with Gasteiger partial charge in [0.15, 0.2) is 0 Å².